The average Bonchev–Trinajstić information content (AvgIpc) is 3.62. The SMILES string of the molecule is c1ccc(-c2nc(-c3ccccc3)nc(-c3cccc([Si](c4ccccc4)(c4ccccc4)c4ccc5c(c4)c4ccccc4n5-c4ccccc4)c3)n2)cc1. The highest BCUT2D eigenvalue weighted by molar-refractivity contribution is 7.20. The van der Waals surface area contributed by atoms with Crippen molar-refractivity contribution in [3.8, 4) is 39.9 Å². The highest BCUT2D eigenvalue weighted by Crippen LogP contribution is 2.32. The van der Waals surface area contributed by atoms with E-state index < -0.39 is 8.07 Å². The fourth-order valence-electron chi connectivity index (χ4n) is 8.27. The number of hydrogen-bond donors (Lipinski definition) is 0. The summed E-state index contributed by atoms with van der Waals surface area (Å²) in [5.74, 6) is 1.94. The van der Waals surface area contributed by atoms with Gasteiger partial charge in [0.25, 0.3) is 0 Å². The molecule has 2 aromatic heterocycles. The Hall–Kier alpha value is -7.21. The summed E-state index contributed by atoms with van der Waals surface area (Å²) in [7, 11) is -2.97. The zero-order valence-electron chi connectivity index (χ0n) is 30.6. The zero-order chi connectivity index (χ0) is 37.3. The Balaban J connectivity index is 1.24. The third-order valence-corrected chi connectivity index (χ3v) is 15.5. The maximum absolute atomic E-state index is 5.14. The molecule has 10 rings (SSSR count). The minimum absolute atomic E-state index is 0.643. The topological polar surface area (TPSA) is 43.6 Å². The van der Waals surface area contributed by atoms with Gasteiger partial charge in [0.15, 0.2) is 25.5 Å². The van der Waals surface area contributed by atoms with Crippen LogP contribution in [0.25, 0.3) is 61.7 Å². The number of fused-ring (bicyclic) bond motifs is 3. The molecule has 0 fully saturated rings. The molecule has 0 bridgehead atoms. The fourth-order valence-corrected chi connectivity index (χ4v) is 13.1. The molecular weight excluding hydrogens is 697 g/mol. The van der Waals surface area contributed by atoms with Crippen molar-refractivity contribution in [2.45, 2.75) is 0 Å². The first kappa shape index (κ1) is 33.4. The minimum atomic E-state index is -2.97. The highest BCUT2D eigenvalue weighted by atomic mass is 28.3. The molecule has 56 heavy (non-hydrogen) atoms. The Morgan fingerprint density at radius 1 is 0.304 bits per heavy atom. The number of aromatic nitrogens is 4. The third kappa shape index (κ3) is 5.73. The van der Waals surface area contributed by atoms with Gasteiger partial charge in [0, 0.05) is 33.2 Å². The molecule has 5 heteroatoms. The lowest BCUT2D eigenvalue weighted by molar-refractivity contribution is 1.07. The van der Waals surface area contributed by atoms with Crippen molar-refractivity contribution < 1.29 is 0 Å². The molecule has 0 atom stereocenters. The summed E-state index contributed by atoms with van der Waals surface area (Å²) < 4.78 is 2.39. The second-order valence-electron chi connectivity index (χ2n) is 14.0. The van der Waals surface area contributed by atoms with Crippen molar-refractivity contribution in [3.05, 3.63) is 218 Å². The molecule has 2 heterocycles. The van der Waals surface area contributed by atoms with Crippen molar-refractivity contribution in [1.82, 2.24) is 19.5 Å². The quantitative estimate of drug-likeness (QED) is 0.116. The van der Waals surface area contributed by atoms with Gasteiger partial charge in [-0.3, -0.25) is 0 Å². The van der Waals surface area contributed by atoms with E-state index in [1.165, 1.54) is 42.6 Å². The maximum atomic E-state index is 5.14. The second-order valence-corrected chi connectivity index (χ2v) is 17.8. The van der Waals surface area contributed by atoms with Crippen LogP contribution in [-0.4, -0.2) is 27.6 Å². The average molecular weight is 733 g/mol. The summed E-state index contributed by atoms with van der Waals surface area (Å²) in [6.07, 6.45) is 0. The van der Waals surface area contributed by atoms with E-state index in [2.05, 4.69) is 187 Å². The maximum Gasteiger partial charge on any atom is 0.179 e. The molecule has 0 saturated heterocycles. The first-order chi connectivity index (χ1) is 27.8. The molecular formula is C51H36N4Si. The number of nitrogens with zero attached hydrogens (tertiary/aromatic N) is 4. The van der Waals surface area contributed by atoms with Gasteiger partial charge in [0.2, 0.25) is 0 Å². The van der Waals surface area contributed by atoms with Crippen molar-refractivity contribution in [2.24, 2.45) is 0 Å². The molecule has 0 aliphatic heterocycles. The summed E-state index contributed by atoms with van der Waals surface area (Å²) in [5.41, 5.74) is 6.37. The number of hydrogen-bond acceptors (Lipinski definition) is 3. The lowest BCUT2D eigenvalue weighted by Crippen LogP contribution is -2.74. The van der Waals surface area contributed by atoms with Gasteiger partial charge in [-0.05, 0) is 45.0 Å². The predicted octanol–water partition coefficient (Wildman–Crippen LogP) is 9.35. The number of rotatable bonds is 8. The molecule has 0 aliphatic carbocycles. The van der Waals surface area contributed by atoms with Gasteiger partial charge in [0.05, 0.1) is 11.0 Å². The van der Waals surface area contributed by atoms with Crippen LogP contribution >= 0.6 is 0 Å². The Kier molecular flexibility index (Phi) is 8.47. The van der Waals surface area contributed by atoms with E-state index in [9.17, 15) is 0 Å². The minimum Gasteiger partial charge on any atom is -0.309 e. The van der Waals surface area contributed by atoms with Crippen LogP contribution in [0.1, 0.15) is 0 Å². The second kappa shape index (κ2) is 14.2. The summed E-state index contributed by atoms with van der Waals surface area (Å²) in [6, 6.07) is 78.1. The van der Waals surface area contributed by atoms with E-state index in [-0.39, 0.29) is 0 Å². The van der Waals surface area contributed by atoms with Crippen molar-refractivity contribution in [2.75, 3.05) is 0 Å². The van der Waals surface area contributed by atoms with Gasteiger partial charge >= 0.3 is 0 Å². The van der Waals surface area contributed by atoms with E-state index in [4.69, 9.17) is 15.0 Å². The first-order valence-corrected chi connectivity index (χ1v) is 21.0. The largest absolute Gasteiger partial charge is 0.309 e. The first-order valence-electron chi connectivity index (χ1n) is 19.0. The van der Waals surface area contributed by atoms with Crippen LogP contribution < -0.4 is 20.7 Å². The Morgan fingerprint density at radius 3 is 1.32 bits per heavy atom. The van der Waals surface area contributed by atoms with E-state index >= 15 is 0 Å². The van der Waals surface area contributed by atoms with Gasteiger partial charge in [0.1, 0.15) is 0 Å². The Morgan fingerprint density at radius 2 is 0.732 bits per heavy atom. The van der Waals surface area contributed by atoms with Gasteiger partial charge in [-0.15, -0.1) is 0 Å². The molecule has 0 amide bonds. The van der Waals surface area contributed by atoms with Crippen molar-refractivity contribution in [1.29, 1.82) is 0 Å². The third-order valence-electron chi connectivity index (χ3n) is 10.8. The molecule has 0 saturated carbocycles. The van der Waals surface area contributed by atoms with Crippen LogP contribution in [0.15, 0.2) is 218 Å². The fraction of sp³-hybridized carbons (Fsp3) is 0. The van der Waals surface area contributed by atoms with E-state index in [1.54, 1.807) is 0 Å². The lowest BCUT2D eigenvalue weighted by atomic mass is 10.1. The van der Waals surface area contributed by atoms with Gasteiger partial charge < -0.3 is 4.57 Å². The molecule has 0 unspecified atom stereocenters. The Bertz CT molecular complexity index is 2850. The molecule has 264 valence electrons. The number of benzene rings is 8. The standard InChI is InChI=1S/C51H36N4Si/c1-6-19-37(20-7-1)49-52-50(38-21-8-2-9-22-38)54-51(53-49)39-23-18-30-43(35-39)56(41-26-12-4-13-27-41,42-28-14-5-15-29-42)44-33-34-48-46(36-44)45-31-16-17-32-47(45)55(48)40-24-10-3-11-25-40/h1-36H. The van der Waals surface area contributed by atoms with Crippen LogP contribution in [0.4, 0.5) is 0 Å². The molecule has 0 aliphatic rings. The van der Waals surface area contributed by atoms with Gasteiger partial charge in [-0.1, -0.05) is 194 Å². The molecule has 0 radical (unpaired) electrons. The van der Waals surface area contributed by atoms with Crippen molar-refractivity contribution >= 4 is 50.6 Å². The summed E-state index contributed by atoms with van der Waals surface area (Å²) in [4.78, 5) is 15.3. The summed E-state index contributed by atoms with van der Waals surface area (Å²) >= 11 is 0. The lowest BCUT2D eigenvalue weighted by Gasteiger charge is -2.34. The molecule has 4 nitrogen and oxygen atoms in total. The zero-order valence-corrected chi connectivity index (χ0v) is 31.6. The predicted molar refractivity (Wildman–Crippen MR) is 234 cm³/mol. The van der Waals surface area contributed by atoms with Crippen LogP contribution in [-0.2, 0) is 0 Å². The van der Waals surface area contributed by atoms with Crippen LogP contribution in [0.5, 0.6) is 0 Å². The smallest absolute Gasteiger partial charge is 0.179 e. The van der Waals surface area contributed by atoms with Crippen LogP contribution in [0.2, 0.25) is 0 Å². The molecule has 10 aromatic rings. The molecule has 8 aromatic carbocycles. The van der Waals surface area contributed by atoms with E-state index in [0.29, 0.717) is 17.5 Å². The van der Waals surface area contributed by atoms with Crippen LogP contribution in [0.3, 0.4) is 0 Å². The summed E-state index contributed by atoms with van der Waals surface area (Å²) in [6.45, 7) is 0. The monoisotopic (exact) mass is 732 g/mol. The molecule has 0 spiro atoms. The van der Waals surface area contributed by atoms with Gasteiger partial charge in [-0.2, -0.15) is 0 Å². The van der Waals surface area contributed by atoms with E-state index in [0.717, 1.165) is 22.4 Å². The highest BCUT2D eigenvalue weighted by Gasteiger charge is 2.42. The number of para-hydroxylation sites is 2. The van der Waals surface area contributed by atoms with Crippen molar-refractivity contribution in [3.63, 3.8) is 0 Å². The van der Waals surface area contributed by atoms with Crippen LogP contribution in [0, 0.1) is 0 Å². The van der Waals surface area contributed by atoms with E-state index in [1.807, 2.05) is 36.4 Å². The summed E-state index contributed by atoms with van der Waals surface area (Å²) in [5, 5.41) is 7.64. The van der Waals surface area contributed by atoms with Gasteiger partial charge in [-0.25, -0.2) is 15.0 Å². The molecule has 0 N–H and O–H groups in total. The Labute approximate surface area is 327 Å². The normalized spacial score (nSPS) is 11.6.